The van der Waals surface area contributed by atoms with Gasteiger partial charge in [-0.05, 0) is 38.8 Å². The van der Waals surface area contributed by atoms with Gasteiger partial charge < -0.3 is 23.9 Å². The molecular formula is C22H26N4O4. The number of nitrogens with one attached hydrogen (secondary N) is 1. The zero-order chi connectivity index (χ0) is 21.1. The molecule has 1 saturated heterocycles. The molecule has 1 amide bonds. The van der Waals surface area contributed by atoms with Crippen molar-refractivity contribution in [1.82, 2.24) is 14.4 Å². The van der Waals surface area contributed by atoms with Crippen LogP contribution in [-0.2, 0) is 4.74 Å². The van der Waals surface area contributed by atoms with E-state index in [1.807, 2.05) is 24.4 Å². The van der Waals surface area contributed by atoms with Gasteiger partial charge in [0, 0.05) is 43.8 Å². The van der Waals surface area contributed by atoms with Crippen LogP contribution in [0, 0.1) is 0 Å². The first-order chi connectivity index (χ1) is 14.5. The molecule has 0 atom stereocenters. The number of amides is 1. The first kappa shape index (κ1) is 20.2. The van der Waals surface area contributed by atoms with Gasteiger partial charge >= 0.3 is 0 Å². The normalized spacial score (nSPS) is 14.8. The van der Waals surface area contributed by atoms with E-state index >= 15 is 0 Å². The van der Waals surface area contributed by atoms with Crippen LogP contribution >= 0.6 is 0 Å². The van der Waals surface area contributed by atoms with Gasteiger partial charge in [-0.15, -0.1) is 0 Å². The number of pyridine rings is 2. The van der Waals surface area contributed by atoms with Gasteiger partial charge in [0.2, 0.25) is 5.88 Å². The number of aromatic nitrogens is 3. The van der Waals surface area contributed by atoms with E-state index < -0.39 is 0 Å². The summed E-state index contributed by atoms with van der Waals surface area (Å²) >= 11 is 0. The molecule has 0 unspecified atom stereocenters. The summed E-state index contributed by atoms with van der Waals surface area (Å²) in [5.41, 5.74) is 2.67. The summed E-state index contributed by atoms with van der Waals surface area (Å²) in [6.45, 7) is 5.32. The standard InChI is InChI=1S/C22H26N4O4/c1-14(2)30-22-17(5-4-8-23-22)25-21(27)16-12-26-13-18(15-6-9-29-10-7-15)24-20(26)11-19(16)28-3/h4-5,8,11-15H,6-7,9-10H2,1-3H3,(H,25,27). The predicted molar refractivity (Wildman–Crippen MR) is 112 cm³/mol. The van der Waals surface area contributed by atoms with E-state index in [0.717, 1.165) is 37.4 Å². The number of rotatable bonds is 6. The zero-order valence-corrected chi connectivity index (χ0v) is 17.4. The predicted octanol–water partition coefficient (Wildman–Crippen LogP) is 3.67. The van der Waals surface area contributed by atoms with Crippen LogP contribution in [0.4, 0.5) is 5.69 Å². The van der Waals surface area contributed by atoms with Crippen molar-refractivity contribution in [2.45, 2.75) is 38.7 Å². The summed E-state index contributed by atoms with van der Waals surface area (Å²) in [5.74, 6) is 0.898. The van der Waals surface area contributed by atoms with Crippen LogP contribution in [0.15, 0.2) is 36.8 Å². The van der Waals surface area contributed by atoms with Crippen molar-refractivity contribution in [3.05, 3.63) is 48.0 Å². The maximum absolute atomic E-state index is 13.1. The van der Waals surface area contributed by atoms with E-state index in [1.165, 1.54) is 0 Å². The molecule has 0 aromatic carbocycles. The summed E-state index contributed by atoms with van der Waals surface area (Å²) in [7, 11) is 1.54. The molecule has 8 heteroatoms. The second kappa shape index (κ2) is 8.71. The molecule has 1 aliphatic heterocycles. The lowest BCUT2D eigenvalue weighted by Gasteiger charge is -2.19. The summed E-state index contributed by atoms with van der Waals surface area (Å²) in [6, 6.07) is 5.29. The fourth-order valence-corrected chi connectivity index (χ4v) is 3.56. The number of nitrogens with zero attached hydrogens (tertiary/aromatic N) is 3. The number of carbonyl (C=O) groups excluding carboxylic acids is 1. The Bertz CT molecular complexity index is 1040. The molecule has 4 rings (SSSR count). The smallest absolute Gasteiger partial charge is 0.261 e. The number of hydrogen-bond donors (Lipinski definition) is 1. The molecule has 3 aromatic rings. The Morgan fingerprint density at radius 3 is 2.83 bits per heavy atom. The molecule has 1 fully saturated rings. The highest BCUT2D eigenvalue weighted by atomic mass is 16.5. The molecule has 4 heterocycles. The van der Waals surface area contributed by atoms with Gasteiger partial charge in [0.25, 0.3) is 5.91 Å². The van der Waals surface area contributed by atoms with Crippen LogP contribution in [0.1, 0.15) is 48.7 Å². The lowest BCUT2D eigenvalue weighted by molar-refractivity contribution is 0.0846. The van der Waals surface area contributed by atoms with Gasteiger partial charge in [0.05, 0.1) is 24.5 Å². The lowest BCUT2D eigenvalue weighted by Crippen LogP contribution is -2.16. The van der Waals surface area contributed by atoms with Crippen LogP contribution in [0.2, 0.25) is 0 Å². The van der Waals surface area contributed by atoms with Crippen molar-refractivity contribution in [1.29, 1.82) is 0 Å². The van der Waals surface area contributed by atoms with Crippen LogP contribution in [0.25, 0.3) is 5.65 Å². The molecule has 3 aromatic heterocycles. The fourth-order valence-electron chi connectivity index (χ4n) is 3.56. The minimum atomic E-state index is -0.309. The Morgan fingerprint density at radius 1 is 1.30 bits per heavy atom. The van der Waals surface area contributed by atoms with Gasteiger partial charge in [-0.3, -0.25) is 4.79 Å². The Balaban J connectivity index is 1.63. The summed E-state index contributed by atoms with van der Waals surface area (Å²) < 4.78 is 18.5. The molecule has 0 spiro atoms. The fraction of sp³-hybridized carbons (Fsp3) is 0.409. The minimum Gasteiger partial charge on any atom is -0.496 e. The van der Waals surface area contributed by atoms with Gasteiger partial charge in [-0.1, -0.05) is 0 Å². The molecule has 8 nitrogen and oxygen atoms in total. The first-order valence-electron chi connectivity index (χ1n) is 10.1. The van der Waals surface area contributed by atoms with Gasteiger partial charge in [0.1, 0.15) is 17.1 Å². The molecule has 0 bridgehead atoms. The van der Waals surface area contributed by atoms with E-state index in [0.29, 0.717) is 28.8 Å². The topological polar surface area (TPSA) is 87.0 Å². The summed E-state index contributed by atoms with van der Waals surface area (Å²) in [5, 5.41) is 2.89. The number of anilines is 1. The van der Waals surface area contributed by atoms with Crippen LogP contribution < -0.4 is 14.8 Å². The van der Waals surface area contributed by atoms with Gasteiger partial charge in [-0.2, -0.15) is 0 Å². The third kappa shape index (κ3) is 4.23. The number of methoxy groups -OCH3 is 1. The van der Waals surface area contributed by atoms with Crippen molar-refractivity contribution in [2.24, 2.45) is 0 Å². The van der Waals surface area contributed by atoms with Gasteiger partial charge in [-0.25, -0.2) is 9.97 Å². The third-order valence-electron chi connectivity index (χ3n) is 5.04. The molecule has 0 saturated carbocycles. The average molecular weight is 410 g/mol. The van der Waals surface area contributed by atoms with E-state index in [1.54, 1.807) is 37.7 Å². The van der Waals surface area contributed by atoms with Crippen molar-refractivity contribution in [3.63, 3.8) is 0 Å². The molecular weight excluding hydrogens is 384 g/mol. The first-order valence-corrected chi connectivity index (χ1v) is 10.1. The van der Waals surface area contributed by atoms with Gasteiger partial charge in [0.15, 0.2) is 0 Å². The number of imidazole rings is 1. The highest BCUT2D eigenvalue weighted by Crippen LogP contribution is 2.29. The summed E-state index contributed by atoms with van der Waals surface area (Å²) in [4.78, 5) is 22.0. The lowest BCUT2D eigenvalue weighted by atomic mass is 9.97. The van der Waals surface area contributed by atoms with E-state index in [-0.39, 0.29) is 12.0 Å². The Labute approximate surface area is 175 Å². The third-order valence-corrected chi connectivity index (χ3v) is 5.04. The SMILES string of the molecule is COc1cc2nc(C3CCOCC3)cn2cc1C(=O)Nc1cccnc1OC(C)C. The van der Waals surface area contributed by atoms with E-state index in [2.05, 4.69) is 10.3 Å². The largest absolute Gasteiger partial charge is 0.496 e. The average Bonchev–Trinajstić information content (AvgIpc) is 3.17. The Morgan fingerprint density at radius 2 is 2.10 bits per heavy atom. The quantitative estimate of drug-likeness (QED) is 0.667. The van der Waals surface area contributed by atoms with Crippen LogP contribution in [0.3, 0.4) is 0 Å². The van der Waals surface area contributed by atoms with Crippen molar-refractivity contribution < 1.29 is 19.0 Å². The second-order valence-electron chi connectivity index (χ2n) is 7.55. The Kier molecular flexibility index (Phi) is 5.85. The van der Waals surface area contributed by atoms with Crippen LogP contribution in [0.5, 0.6) is 11.6 Å². The van der Waals surface area contributed by atoms with E-state index in [4.69, 9.17) is 19.2 Å². The minimum absolute atomic E-state index is 0.0593. The molecule has 158 valence electrons. The van der Waals surface area contributed by atoms with Crippen LogP contribution in [-0.4, -0.2) is 46.7 Å². The molecule has 1 N–H and O–H groups in total. The van der Waals surface area contributed by atoms with Crippen molar-refractivity contribution >= 4 is 17.2 Å². The monoisotopic (exact) mass is 410 g/mol. The summed E-state index contributed by atoms with van der Waals surface area (Å²) in [6.07, 6.45) is 7.21. The number of carbonyl (C=O) groups is 1. The number of fused-ring (bicyclic) bond motifs is 1. The number of ether oxygens (including phenoxy) is 3. The molecule has 0 aliphatic carbocycles. The van der Waals surface area contributed by atoms with Crippen molar-refractivity contribution in [2.75, 3.05) is 25.6 Å². The Hall–Kier alpha value is -3.13. The molecule has 30 heavy (non-hydrogen) atoms. The van der Waals surface area contributed by atoms with Crippen molar-refractivity contribution in [3.8, 4) is 11.6 Å². The highest BCUT2D eigenvalue weighted by Gasteiger charge is 2.21. The van der Waals surface area contributed by atoms with E-state index in [9.17, 15) is 4.79 Å². The molecule has 0 radical (unpaired) electrons. The number of hydrogen-bond acceptors (Lipinski definition) is 6. The second-order valence-corrected chi connectivity index (χ2v) is 7.55. The maximum Gasteiger partial charge on any atom is 0.261 e. The molecule has 1 aliphatic rings. The zero-order valence-electron chi connectivity index (χ0n) is 17.4. The highest BCUT2D eigenvalue weighted by molar-refractivity contribution is 6.06. The maximum atomic E-state index is 13.1.